The first-order valence-corrected chi connectivity index (χ1v) is 5.93. The predicted octanol–water partition coefficient (Wildman–Crippen LogP) is 3.19. The Kier molecular flexibility index (Phi) is 4.67. The molecule has 0 spiro atoms. The summed E-state index contributed by atoms with van der Waals surface area (Å²) in [6.45, 7) is 10.4. The highest BCUT2D eigenvalue weighted by molar-refractivity contribution is 5.95. The molecule has 0 atom stereocenters. The molecule has 3 nitrogen and oxygen atoms in total. The van der Waals surface area contributed by atoms with E-state index in [1.165, 1.54) is 0 Å². The normalized spacial score (nSPS) is 9.94. The molecular weight excluding hydrogens is 224 g/mol. The van der Waals surface area contributed by atoms with Crippen LogP contribution in [0.2, 0.25) is 0 Å². The number of hydrogen-bond donors (Lipinski definition) is 0. The van der Waals surface area contributed by atoms with E-state index in [1.54, 1.807) is 29.2 Å². The van der Waals surface area contributed by atoms with Gasteiger partial charge in [0.1, 0.15) is 0 Å². The van der Waals surface area contributed by atoms with Crippen molar-refractivity contribution >= 4 is 5.91 Å². The second-order valence-electron chi connectivity index (χ2n) is 4.74. The van der Waals surface area contributed by atoms with Crippen molar-refractivity contribution in [1.29, 1.82) is 5.26 Å². The largest absolute Gasteiger partial charge is 0.313 e. The maximum atomic E-state index is 12.3. The maximum Gasteiger partial charge on any atom is 0.258 e. The molecule has 18 heavy (non-hydrogen) atoms. The average molecular weight is 242 g/mol. The molecule has 94 valence electrons. The molecular formula is C15H18N2O. The van der Waals surface area contributed by atoms with Gasteiger partial charge in [-0.25, -0.2) is 0 Å². The van der Waals surface area contributed by atoms with E-state index in [0.717, 1.165) is 5.70 Å². The molecule has 0 unspecified atom stereocenters. The summed E-state index contributed by atoms with van der Waals surface area (Å²) in [5, 5.41) is 8.84. The van der Waals surface area contributed by atoms with Crippen molar-refractivity contribution in [2.75, 3.05) is 6.54 Å². The van der Waals surface area contributed by atoms with Crippen LogP contribution in [-0.4, -0.2) is 17.4 Å². The highest BCUT2D eigenvalue weighted by atomic mass is 16.2. The average Bonchev–Trinajstić information content (AvgIpc) is 2.34. The van der Waals surface area contributed by atoms with E-state index in [9.17, 15) is 4.79 Å². The quantitative estimate of drug-likeness (QED) is 0.813. The van der Waals surface area contributed by atoms with Crippen LogP contribution >= 0.6 is 0 Å². The molecule has 0 radical (unpaired) electrons. The van der Waals surface area contributed by atoms with Crippen molar-refractivity contribution in [3.05, 3.63) is 47.7 Å². The SMILES string of the molecule is C=C(C)N(CC(C)C)C(=O)c1cccc(C#N)c1. The summed E-state index contributed by atoms with van der Waals surface area (Å²) >= 11 is 0. The molecule has 1 rings (SSSR count). The Bertz CT molecular complexity index is 497. The number of nitriles is 1. The van der Waals surface area contributed by atoms with Gasteiger partial charge in [-0.15, -0.1) is 0 Å². The van der Waals surface area contributed by atoms with E-state index in [0.29, 0.717) is 23.6 Å². The Morgan fingerprint density at radius 1 is 1.50 bits per heavy atom. The van der Waals surface area contributed by atoms with Crippen LogP contribution in [0.5, 0.6) is 0 Å². The first-order chi connectivity index (χ1) is 8.45. The lowest BCUT2D eigenvalue weighted by Gasteiger charge is -2.24. The lowest BCUT2D eigenvalue weighted by atomic mass is 10.1. The minimum Gasteiger partial charge on any atom is -0.313 e. The fourth-order valence-electron chi connectivity index (χ4n) is 1.65. The number of benzene rings is 1. The van der Waals surface area contributed by atoms with E-state index in [4.69, 9.17) is 5.26 Å². The fourth-order valence-corrected chi connectivity index (χ4v) is 1.65. The molecule has 0 aliphatic carbocycles. The Morgan fingerprint density at radius 2 is 2.17 bits per heavy atom. The minimum absolute atomic E-state index is 0.103. The maximum absolute atomic E-state index is 12.3. The minimum atomic E-state index is -0.103. The van der Waals surface area contributed by atoms with Crippen LogP contribution in [0.15, 0.2) is 36.5 Å². The predicted molar refractivity (Wildman–Crippen MR) is 71.8 cm³/mol. The second kappa shape index (κ2) is 6.02. The molecule has 0 aromatic heterocycles. The van der Waals surface area contributed by atoms with E-state index in [1.807, 2.05) is 13.0 Å². The molecule has 0 saturated carbocycles. The first-order valence-electron chi connectivity index (χ1n) is 5.93. The van der Waals surface area contributed by atoms with Crippen LogP contribution in [0.3, 0.4) is 0 Å². The third-order valence-corrected chi connectivity index (χ3v) is 2.49. The van der Waals surface area contributed by atoms with Gasteiger partial charge in [0.2, 0.25) is 0 Å². The number of allylic oxidation sites excluding steroid dienone is 1. The fraction of sp³-hybridized carbons (Fsp3) is 0.333. The highest BCUT2D eigenvalue weighted by Gasteiger charge is 2.17. The van der Waals surface area contributed by atoms with Crippen molar-refractivity contribution in [3.63, 3.8) is 0 Å². The van der Waals surface area contributed by atoms with Crippen LogP contribution in [0.1, 0.15) is 36.7 Å². The van der Waals surface area contributed by atoms with Crippen LogP contribution in [0, 0.1) is 17.2 Å². The third-order valence-electron chi connectivity index (χ3n) is 2.49. The van der Waals surface area contributed by atoms with Crippen molar-refractivity contribution in [2.45, 2.75) is 20.8 Å². The number of amides is 1. The number of hydrogen-bond acceptors (Lipinski definition) is 2. The Balaban J connectivity index is 3.02. The molecule has 1 amide bonds. The van der Waals surface area contributed by atoms with Gasteiger partial charge in [0, 0.05) is 17.8 Å². The lowest BCUT2D eigenvalue weighted by molar-refractivity contribution is 0.0791. The van der Waals surface area contributed by atoms with Crippen molar-refractivity contribution in [2.24, 2.45) is 5.92 Å². The summed E-state index contributed by atoms with van der Waals surface area (Å²) < 4.78 is 0. The summed E-state index contributed by atoms with van der Waals surface area (Å²) in [4.78, 5) is 14.0. The van der Waals surface area contributed by atoms with Gasteiger partial charge in [0.05, 0.1) is 11.6 Å². The molecule has 0 heterocycles. The van der Waals surface area contributed by atoms with E-state index >= 15 is 0 Å². The van der Waals surface area contributed by atoms with E-state index in [2.05, 4.69) is 20.4 Å². The zero-order chi connectivity index (χ0) is 13.7. The monoisotopic (exact) mass is 242 g/mol. The topological polar surface area (TPSA) is 44.1 Å². The Morgan fingerprint density at radius 3 is 2.67 bits per heavy atom. The number of nitrogens with zero attached hydrogens (tertiary/aromatic N) is 2. The molecule has 1 aromatic carbocycles. The van der Waals surface area contributed by atoms with Gasteiger partial charge in [-0.1, -0.05) is 26.5 Å². The van der Waals surface area contributed by atoms with Gasteiger partial charge in [0.25, 0.3) is 5.91 Å². The van der Waals surface area contributed by atoms with Crippen molar-refractivity contribution in [3.8, 4) is 6.07 Å². The molecule has 0 fully saturated rings. The van der Waals surface area contributed by atoms with E-state index in [-0.39, 0.29) is 5.91 Å². The van der Waals surface area contributed by atoms with Gasteiger partial charge in [-0.2, -0.15) is 5.26 Å². The molecule has 1 aromatic rings. The molecule has 0 bridgehead atoms. The summed E-state index contributed by atoms with van der Waals surface area (Å²) in [6.07, 6.45) is 0. The van der Waals surface area contributed by atoms with Crippen molar-refractivity contribution in [1.82, 2.24) is 4.90 Å². The molecule has 0 aliphatic rings. The molecule has 0 aliphatic heterocycles. The molecule has 0 N–H and O–H groups in total. The molecule has 0 saturated heterocycles. The van der Waals surface area contributed by atoms with Crippen molar-refractivity contribution < 1.29 is 4.79 Å². The standard InChI is InChI=1S/C15H18N2O/c1-11(2)10-17(12(3)4)15(18)14-7-5-6-13(8-14)9-16/h5-8,11H,3,10H2,1-2,4H3. The number of carbonyl (C=O) groups excluding carboxylic acids is 1. The first kappa shape index (κ1) is 14.0. The Hall–Kier alpha value is -2.08. The third kappa shape index (κ3) is 3.46. The Labute approximate surface area is 108 Å². The lowest BCUT2D eigenvalue weighted by Crippen LogP contribution is -2.32. The van der Waals surface area contributed by atoms with E-state index < -0.39 is 0 Å². The zero-order valence-corrected chi connectivity index (χ0v) is 11.1. The summed E-state index contributed by atoms with van der Waals surface area (Å²) in [7, 11) is 0. The highest BCUT2D eigenvalue weighted by Crippen LogP contribution is 2.13. The van der Waals surface area contributed by atoms with Gasteiger partial charge >= 0.3 is 0 Å². The van der Waals surface area contributed by atoms with Gasteiger partial charge in [-0.3, -0.25) is 4.79 Å². The smallest absolute Gasteiger partial charge is 0.258 e. The summed E-state index contributed by atoms with van der Waals surface area (Å²) in [5.41, 5.74) is 1.74. The van der Waals surface area contributed by atoms with Crippen LogP contribution in [-0.2, 0) is 0 Å². The summed E-state index contributed by atoms with van der Waals surface area (Å²) in [6, 6.07) is 8.77. The van der Waals surface area contributed by atoms with Crippen LogP contribution in [0.4, 0.5) is 0 Å². The van der Waals surface area contributed by atoms with Gasteiger partial charge in [-0.05, 0) is 31.0 Å². The van der Waals surface area contributed by atoms with Crippen LogP contribution in [0.25, 0.3) is 0 Å². The second-order valence-corrected chi connectivity index (χ2v) is 4.74. The van der Waals surface area contributed by atoms with Gasteiger partial charge < -0.3 is 4.90 Å². The zero-order valence-electron chi connectivity index (χ0n) is 11.1. The van der Waals surface area contributed by atoms with Gasteiger partial charge in [0.15, 0.2) is 0 Å². The summed E-state index contributed by atoms with van der Waals surface area (Å²) in [5.74, 6) is 0.262. The number of carbonyl (C=O) groups is 1. The number of rotatable bonds is 4. The van der Waals surface area contributed by atoms with Crippen LogP contribution < -0.4 is 0 Å². The molecule has 3 heteroatoms.